The fourth-order valence-electron chi connectivity index (χ4n) is 2.68. The monoisotopic (exact) mass is 263 g/mol. The molecule has 0 saturated carbocycles. The molecule has 1 fully saturated rings. The fraction of sp³-hybridized carbons (Fsp3) is 0.667. The highest BCUT2D eigenvalue weighted by Gasteiger charge is 2.20. The van der Waals surface area contributed by atoms with Crippen molar-refractivity contribution in [1.29, 1.82) is 0 Å². The van der Waals surface area contributed by atoms with Crippen LogP contribution in [-0.2, 0) is 11.3 Å². The third kappa shape index (κ3) is 4.18. The van der Waals surface area contributed by atoms with E-state index >= 15 is 0 Å². The Morgan fingerprint density at radius 1 is 1.53 bits per heavy atom. The lowest BCUT2D eigenvalue weighted by Gasteiger charge is -2.34. The van der Waals surface area contributed by atoms with E-state index in [1.165, 1.54) is 18.5 Å². The first-order chi connectivity index (χ1) is 9.33. The smallest absolute Gasteiger partial charge is 0.0562 e. The molecule has 4 nitrogen and oxygen atoms in total. The van der Waals surface area contributed by atoms with Crippen LogP contribution in [0.1, 0.15) is 25.5 Å². The fourth-order valence-corrected chi connectivity index (χ4v) is 2.68. The molecule has 1 aromatic heterocycles. The van der Waals surface area contributed by atoms with Gasteiger partial charge in [0.1, 0.15) is 0 Å². The number of ether oxygens (including phenoxy) is 1. The number of methoxy groups -OCH3 is 1. The van der Waals surface area contributed by atoms with E-state index in [1.54, 1.807) is 7.11 Å². The second-order valence-electron chi connectivity index (χ2n) is 5.20. The molecule has 19 heavy (non-hydrogen) atoms. The summed E-state index contributed by atoms with van der Waals surface area (Å²) in [6.45, 7) is 7.05. The average molecular weight is 263 g/mol. The van der Waals surface area contributed by atoms with Crippen molar-refractivity contribution in [3.05, 3.63) is 24.0 Å². The SMILES string of the molecule is CCNCc1cc(N2CCCC(COC)C2)ccn1. The van der Waals surface area contributed by atoms with Crippen LogP contribution in [0.4, 0.5) is 5.69 Å². The molecule has 0 spiro atoms. The molecular weight excluding hydrogens is 238 g/mol. The Morgan fingerprint density at radius 3 is 3.21 bits per heavy atom. The van der Waals surface area contributed by atoms with E-state index in [-0.39, 0.29) is 0 Å². The van der Waals surface area contributed by atoms with Gasteiger partial charge in [-0.2, -0.15) is 0 Å². The summed E-state index contributed by atoms with van der Waals surface area (Å²) in [4.78, 5) is 6.88. The van der Waals surface area contributed by atoms with Crippen LogP contribution in [-0.4, -0.2) is 38.3 Å². The summed E-state index contributed by atoms with van der Waals surface area (Å²) in [6, 6.07) is 4.32. The summed E-state index contributed by atoms with van der Waals surface area (Å²) in [7, 11) is 1.79. The van der Waals surface area contributed by atoms with Crippen LogP contribution in [0.25, 0.3) is 0 Å². The first kappa shape index (κ1) is 14.3. The lowest BCUT2D eigenvalue weighted by atomic mass is 9.98. The molecule has 1 aliphatic rings. The van der Waals surface area contributed by atoms with Gasteiger partial charge in [0.2, 0.25) is 0 Å². The number of rotatable bonds is 6. The molecule has 4 heteroatoms. The number of anilines is 1. The summed E-state index contributed by atoms with van der Waals surface area (Å²) < 4.78 is 5.29. The maximum atomic E-state index is 5.29. The van der Waals surface area contributed by atoms with Crippen molar-refractivity contribution < 1.29 is 4.74 Å². The number of nitrogens with zero attached hydrogens (tertiary/aromatic N) is 2. The topological polar surface area (TPSA) is 37.4 Å². The summed E-state index contributed by atoms with van der Waals surface area (Å²) in [5.41, 5.74) is 2.41. The Labute approximate surface area is 116 Å². The highest BCUT2D eigenvalue weighted by atomic mass is 16.5. The molecule has 0 aliphatic carbocycles. The van der Waals surface area contributed by atoms with E-state index in [0.29, 0.717) is 5.92 Å². The van der Waals surface area contributed by atoms with Gasteiger partial charge in [-0.3, -0.25) is 4.98 Å². The Kier molecular flexibility index (Phi) is 5.61. The molecule has 0 amide bonds. The first-order valence-electron chi connectivity index (χ1n) is 7.23. The molecule has 106 valence electrons. The molecule has 0 bridgehead atoms. The second kappa shape index (κ2) is 7.46. The van der Waals surface area contributed by atoms with E-state index in [2.05, 4.69) is 34.3 Å². The third-order valence-electron chi connectivity index (χ3n) is 3.64. The maximum absolute atomic E-state index is 5.29. The maximum Gasteiger partial charge on any atom is 0.0562 e. The van der Waals surface area contributed by atoms with Crippen molar-refractivity contribution in [1.82, 2.24) is 10.3 Å². The van der Waals surface area contributed by atoms with Gasteiger partial charge in [0.25, 0.3) is 0 Å². The summed E-state index contributed by atoms with van der Waals surface area (Å²) in [5.74, 6) is 0.657. The van der Waals surface area contributed by atoms with Crippen molar-refractivity contribution in [3.8, 4) is 0 Å². The number of hydrogen-bond donors (Lipinski definition) is 1. The number of piperidine rings is 1. The molecule has 1 atom stereocenters. The lowest BCUT2D eigenvalue weighted by molar-refractivity contribution is 0.143. The van der Waals surface area contributed by atoms with Gasteiger partial charge in [-0.25, -0.2) is 0 Å². The van der Waals surface area contributed by atoms with Gasteiger partial charge >= 0.3 is 0 Å². The average Bonchev–Trinajstić information content (AvgIpc) is 2.46. The van der Waals surface area contributed by atoms with Crippen molar-refractivity contribution in [3.63, 3.8) is 0 Å². The van der Waals surface area contributed by atoms with Gasteiger partial charge in [-0.05, 0) is 37.4 Å². The number of nitrogens with one attached hydrogen (secondary N) is 1. The minimum Gasteiger partial charge on any atom is -0.384 e. The van der Waals surface area contributed by atoms with Crippen molar-refractivity contribution >= 4 is 5.69 Å². The zero-order valence-corrected chi connectivity index (χ0v) is 12.1. The van der Waals surface area contributed by atoms with Crippen LogP contribution in [0.15, 0.2) is 18.3 Å². The van der Waals surface area contributed by atoms with Crippen LogP contribution in [0.3, 0.4) is 0 Å². The molecule has 1 aliphatic heterocycles. The van der Waals surface area contributed by atoms with Gasteiger partial charge in [-0.1, -0.05) is 6.92 Å². The second-order valence-corrected chi connectivity index (χ2v) is 5.20. The van der Waals surface area contributed by atoms with E-state index in [1.807, 2.05) is 6.20 Å². The normalized spacial score (nSPS) is 19.7. The van der Waals surface area contributed by atoms with Gasteiger partial charge in [0.05, 0.1) is 12.3 Å². The highest BCUT2D eigenvalue weighted by Crippen LogP contribution is 2.23. The number of aromatic nitrogens is 1. The highest BCUT2D eigenvalue weighted by molar-refractivity contribution is 5.47. The first-order valence-corrected chi connectivity index (χ1v) is 7.23. The lowest BCUT2D eigenvalue weighted by Crippen LogP contribution is -2.37. The molecular formula is C15H25N3O. The van der Waals surface area contributed by atoms with E-state index in [9.17, 15) is 0 Å². The van der Waals surface area contributed by atoms with Crippen LogP contribution < -0.4 is 10.2 Å². The van der Waals surface area contributed by atoms with Crippen LogP contribution in [0.2, 0.25) is 0 Å². The van der Waals surface area contributed by atoms with E-state index in [0.717, 1.165) is 38.5 Å². The molecule has 1 aromatic rings. The predicted molar refractivity (Wildman–Crippen MR) is 78.4 cm³/mol. The Balaban J connectivity index is 1.99. The molecule has 1 unspecified atom stereocenters. The number of hydrogen-bond acceptors (Lipinski definition) is 4. The zero-order chi connectivity index (χ0) is 13.5. The predicted octanol–water partition coefficient (Wildman–Crippen LogP) is 2.05. The molecule has 1 saturated heterocycles. The molecule has 0 radical (unpaired) electrons. The largest absolute Gasteiger partial charge is 0.384 e. The van der Waals surface area contributed by atoms with Gasteiger partial charge in [0.15, 0.2) is 0 Å². The Bertz CT molecular complexity index is 381. The van der Waals surface area contributed by atoms with Gasteiger partial charge < -0.3 is 15.0 Å². The number of pyridine rings is 1. The summed E-state index contributed by atoms with van der Waals surface area (Å²) >= 11 is 0. The van der Waals surface area contributed by atoms with Crippen LogP contribution in [0.5, 0.6) is 0 Å². The van der Waals surface area contributed by atoms with Crippen molar-refractivity contribution in [2.75, 3.05) is 38.3 Å². The summed E-state index contributed by atoms with van der Waals surface area (Å²) in [5, 5.41) is 3.32. The zero-order valence-electron chi connectivity index (χ0n) is 12.1. The molecule has 0 aromatic carbocycles. The summed E-state index contributed by atoms with van der Waals surface area (Å²) in [6.07, 6.45) is 4.44. The minimum absolute atomic E-state index is 0.657. The third-order valence-corrected chi connectivity index (χ3v) is 3.64. The van der Waals surface area contributed by atoms with Crippen molar-refractivity contribution in [2.45, 2.75) is 26.3 Å². The van der Waals surface area contributed by atoms with E-state index < -0.39 is 0 Å². The molecule has 1 N–H and O–H groups in total. The van der Waals surface area contributed by atoms with Crippen LogP contribution >= 0.6 is 0 Å². The Hall–Kier alpha value is -1.13. The standard InChI is InChI=1S/C15H25N3O/c1-3-16-10-14-9-15(6-7-17-14)18-8-4-5-13(11-18)12-19-2/h6-7,9,13,16H,3-5,8,10-12H2,1-2H3. The van der Waals surface area contributed by atoms with Crippen LogP contribution in [0, 0.1) is 5.92 Å². The Morgan fingerprint density at radius 2 is 2.42 bits per heavy atom. The van der Waals surface area contributed by atoms with Gasteiger partial charge in [-0.15, -0.1) is 0 Å². The quantitative estimate of drug-likeness (QED) is 0.852. The van der Waals surface area contributed by atoms with E-state index in [4.69, 9.17) is 4.74 Å². The molecule has 2 rings (SSSR count). The van der Waals surface area contributed by atoms with Crippen molar-refractivity contribution in [2.24, 2.45) is 5.92 Å². The molecule has 2 heterocycles. The van der Waals surface area contributed by atoms with Gasteiger partial charge in [0, 0.05) is 38.6 Å². The minimum atomic E-state index is 0.657.